The number of benzene rings is 1. The van der Waals surface area contributed by atoms with E-state index in [4.69, 9.17) is 0 Å². The third-order valence-electron chi connectivity index (χ3n) is 1.43. The van der Waals surface area contributed by atoms with Gasteiger partial charge in [0.05, 0.1) is 0 Å². The van der Waals surface area contributed by atoms with Gasteiger partial charge >= 0.3 is 0 Å². The first-order valence-electron chi connectivity index (χ1n) is 2.83. The maximum absolute atomic E-state index is 2.18. The highest BCUT2D eigenvalue weighted by atomic mass is 27.0. The van der Waals surface area contributed by atoms with Gasteiger partial charge in [-0.05, 0) is 6.92 Å². The second kappa shape index (κ2) is 2.35. The molecule has 0 N–H and O–H groups in total. The van der Waals surface area contributed by atoms with Crippen molar-refractivity contribution in [2.45, 2.75) is 6.92 Å². The summed E-state index contributed by atoms with van der Waals surface area (Å²) in [6.45, 7) is 2.16. The summed E-state index contributed by atoms with van der Waals surface area (Å²) in [5.41, 5.74) is 1.43. The Hall–Kier alpha value is -0.248. The van der Waals surface area contributed by atoms with E-state index in [1.54, 1.807) is 0 Å². The molecule has 0 spiro atoms. The van der Waals surface area contributed by atoms with E-state index in [9.17, 15) is 0 Å². The summed E-state index contributed by atoms with van der Waals surface area (Å²) in [5, 5.41) is 0. The molecule has 0 heterocycles. The molecule has 0 aliphatic heterocycles. The third-order valence-corrected chi connectivity index (χ3v) is 2.55. The van der Waals surface area contributed by atoms with Gasteiger partial charge in [-0.3, -0.25) is 0 Å². The van der Waals surface area contributed by atoms with Crippen LogP contribution >= 0.6 is 0 Å². The van der Waals surface area contributed by atoms with Gasteiger partial charge in [0.15, 0.2) is 0 Å². The van der Waals surface area contributed by atoms with E-state index in [1.807, 2.05) is 0 Å². The van der Waals surface area contributed by atoms with E-state index in [-0.39, 0.29) is 0 Å². The molecule has 0 aliphatic rings. The minimum absolute atomic E-state index is 1.18. The standard InChI is InChI=1S/C7H7.Al.2H/c1-7-5-3-2-4-6-7;;;/h2-5H,1H3;;;. The highest BCUT2D eigenvalue weighted by Gasteiger charge is 1.84. The van der Waals surface area contributed by atoms with Crippen molar-refractivity contribution < 1.29 is 0 Å². The molecule has 0 nitrogen and oxygen atoms in total. The Balaban J connectivity index is 3.13. The predicted molar refractivity (Wildman–Crippen MR) is 39.4 cm³/mol. The number of rotatable bonds is 0. The Morgan fingerprint density at radius 3 is 2.25 bits per heavy atom. The smallest absolute Gasteiger partial charge is 0.118 e. The molecule has 0 aliphatic carbocycles. The quantitative estimate of drug-likeness (QED) is 0.431. The van der Waals surface area contributed by atoms with Crippen LogP contribution in [-0.4, -0.2) is 16.3 Å². The fourth-order valence-electron chi connectivity index (χ4n) is 0.663. The lowest BCUT2D eigenvalue weighted by Crippen LogP contribution is -2.04. The molecular formula is C7H9Al. The molecule has 8 heavy (non-hydrogen) atoms. The van der Waals surface area contributed by atoms with Gasteiger partial charge in [0.25, 0.3) is 16.3 Å². The van der Waals surface area contributed by atoms with Crippen LogP contribution in [0.5, 0.6) is 0 Å². The SMILES string of the molecule is Cc1cccc[c]1[AlH2]. The van der Waals surface area contributed by atoms with Gasteiger partial charge in [-0.1, -0.05) is 29.8 Å². The lowest BCUT2D eigenvalue weighted by Gasteiger charge is -1.94. The van der Waals surface area contributed by atoms with E-state index >= 15 is 0 Å². The first-order chi connectivity index (χ1) is 3.80. The molecule has 0 saturated carbocycles. The molecule has 0 saturated heterocycles. The average molecular weight is 120 g/mol. The lowest BCUT2D eigenvalue weighted by molar-refractivity contribution is 1.52. The minimum atomic E-state index is 1.18. The second-order valence-electron chi connectivity index (χ2n) is 2.08. The second-order valence-corrected chi connectivity index (χ2v) is 3.16. The van der Waals surface area contributed by atoms with Gasteiger partial charge < -0.3 is 0 Å². The monoisotopic (exact) mass is 120 g/mol. The van der Waals surface area contributed by atoms with Crippen LogP contribution in [0.4, 0.5) is 0 Å². The summed E-state index contributed by atoms with van der Waals surface area (Å²) < 4.78 is 1.51. The Kier molecular flexibility index (Phi) is 1.73. The Labute approximate surface area is 58.0 Å². The lowest BCUT2D eigenvalue weighted by atomic mass is 10.2. The zero-order valence-electron chi connectivity index (χ0n) is 5.31. The molecule has 0 bridgehead atoms. The fourth-order valence-corrected chi connectivity index (χ4v) is 1.02. The van der Waals surface area contributed by atoms with Gasteiger partial charge in [-0.15, -0.1) is 4.43 Å². The third kappa shape index (κ3) is 1.12. The molecule has 0 unspecified atom stereocenters. The first-order valence-corrected chi connectivity index (χ1v) is 3.83. The van der Waals surface area contributed by atoms with Crippen molar-refractivity contribution >= 4 is 20.7 Å². The summed E-state index contributed by atoms with van der Waals surface area (Å²) in [6, 6.07) is 8.51. The minimum Gasteiger partial charge on any atom is -0.118 e. The molecule has 40 valence electrons. The Morgan fingerprint density at radius 2 is 1.88 bits per heavy atom. The molecule has 0 fully saturated rings. The molecular weight excluding hydrogens is 111 g/mol. The molecule has 1 aromatic carbocycles. The largest absolute Gasteiger partial charge is 0.259 e. The van der Waals surface area contributed by atoms with Crippen molar-refractivity contribution in [3.63, 3.8) is 0 Å². The zero-order chi connectivity index (χ0) is 5.98. The van der Waals surface area contributed by atoms with Crippen molar-refractivity contribution in [3.05, 3.63) is 29.8 Å². The highest BCUT2D eigenvalue weighted by molar-refractivity contribution is 6.33. The maximum Gasteiger partial charge on any atom is 0.259 e. The van der Waals surface area contributed by atoms with E-state index in [0.29, 0.717) is 0 Å². The van der Waals surface area contributed by atoms with Crippen molar-refractivity contribution in [2.75, 3.05) is 0 Å². The number of aryl methyl sites for hydroxylation is 1. The summed E-state index contributed by atoms with van der Waals surface area (Å²) in [5.74, 6) is 0. The number of hydrogen-bond donors (Lipinski definition) is 0. The summed E-state index contributed by atoms with van der Waals surface area (Å²) in [6.07, 6.45) is 0. The van der Waals surface area contributed by atoms with Crippen molar-refractivity contribution in [2.24, 2.45) is 0 Å². The Morgan fingerprint density at radius 1 is 1.25 bits per heavy atom. The van der Waals surface area contributed by atoms with Gasteiger partial charge in [0.1, 0.15) is 0 Å². The van der Waals surface area contributed by atoms with Crippen LogP contribution in [0.25, 0.3) is 0 Å². The van der Waals surface area contributed by atoms with E-state index < -0.39 is 0 Å². The molecule has 1 aromatic rings. The van der Waals surface area contributed by atoms with Crippen LogP contribution in [0, 0.1) is 6.92 Å². The van der Waals surface area contributed by atoms with Gasteiger partial charge in [-0.2, -0.15) is 0 Å². The fraction of sp³-hybridized carbons (Fsp3) is 0.143. The normalized spacial score (nSPS) is 9.12. The average Bonchev–Trinajstić information content (AvgIpc) is 1.77. The van der Waals surface area contributed by atoms with Gasteiger partial charge in [0, 0.05) is 0 Å². The van der Waals surface area contributed by atoms with Crippen molar-refractivity contribution in [1.29, 1.82) is 0 Å². The summed E-state index contributed by atoms with van der Waals surface area (Å²) >= 11 is 1.18. The van der Waals surface area contributed by atoms with E-state index in [1.165, 1.54) is 26.3 Å². The predicted octanol–water partition coefficient (Wildman–Crippen LogP) is 0.253. The molecule has 1 rings (SSSR count). The molecule has 0 atom stereocenters. The van der Waals surface area contributed by atoms with E-state index in [0.717, 1.165) is 0 Å². The zero-order valence-corrected chi connectivity index (χ0v) is 7.31. The molecule has 0 radical (unpaired) electrons. The van der Waals surface area contributed by atoms with Crippen LogP contribution in [-0.2, 0) is 0 Å². The topological polar surface area (TPSA) is 0 Å². The Bertz CT molecular complexity index is 160. The van der Waals surface area contributed by atoms with Gasteiger partial charge in [-0.25, -0.2) is 0 Å². The summed E-state index contributed by atoms with van der Waals surface area (Å²) in [7, 11) is 0. The maximum atomic E-state index is 2.18. The van der Waals surface area contributed by atoms with Crippen molar-refractivity contribution in [3.8, 4) is 0 Å². The van der Waals surface area contributed by atoms with Crippen LogP contribution in [0.15, 0.2) is 24.3 Å². The highest BCUT2D eigenvalue weighted by Crippen LogP contribution is 1.88. The molecule has 0 amide bonds. The van der Waals surface area contributed by atoms with Crippen LogP contribution in [0.1, 0.15) is 5.56 Å². The van der Waals surface area contributed by atoms with Crippen molar-refractivity contribution in [1.82, 2.24) is 0 Å². The first kappa shape index (κ1) is 5.88. The van der Waals surface area contributed by atoms with Crippen LogP contribution in [0.3, 0.4) is 0 Å². The number of hydrogen-bond acceptors (Lipinski definition) is 0. The molecule has 1 heteroatoms. The van der Waals surface area contributed by atoms with Crippen LogP contribution in [0.2, 0.25) is 0 Å². The van der Waals surface area contributed by atoms with E-state index in [2.05, 4.69) is 31.2 Å². The molecule has 0 aromatic heterocycles. The van der Waals surface area contributed by atoms with Gasteiger partial charge in [0.2, 0.25) is 0 Å². The van der Waals surface area contributed by atoms with Crippen LogP contribution < -0.4 is 4.43 Å². The summed E-state index contributed by atoms with van der Waals surface area (Å²) in [4.78, 5) is 0.